The zero-order valence-corrected chi connectivity index (χ0v) is 19.5. The van der Waals surface area contributed by atoms with Gasteiger partial charge in [0.05, 0.1) is 5.52 Å². The van der Waals surface area contributed by atoms with Gasteiger partial charge in [-0.05, 0) is 48.1 Å². The molecular weight excluding hydrogens is 400 g/mol. The first-order valence-electron chi connectivity index (χ1n) is 10.7. The lowest BCUT2D eigenvalue weighted by Crippen LogP contribution is -2.17. The maximum atomic E-state index is 12.5. The summed E-state index contributed by atoms with van der Waals surface area (Å²) in [5.74, 6) is 1.38. The van der Waals surface area contributed by atoms with Crippen molar-refractivity contribution in [2.24, 2.45) is 5.41 Å². The van der Waals surface area contributed by atoms with Gasteiger partial charge in [0, 0.05) is 55.6 Å². The van der Waals surface area contributed by atoms with Crippen LogP contribution in [0.25, 0.3) is 22.0 Å². The predicted molar refractivity (Wildman–Crippen MR) is 125 cm³/mol. The van der Waals surface area contributed by atoms with E-state index in [4.69, 9.17) is 5.10 Å². The summed E-state index contributed by atoms with van der Waals surface area (Å²) in [6.45, 7) is 12.6. The maximum absolute atomic E-state index is 12.5. The summed E-state index contributed by atoms with van der Waals surface area (Å²) in [6.07, 6.45) is 7.80. The largest absolute Gasteiger partial charge is 0.293 e. The molecule has 32 heavy (non-hydrogen) atoms. The number of benzene rings is 1. The Labute approximate surface area is 188 Å². The van der Waals surface area contributed by atoms with Crippen LogP contribution in [0.2, 0.25) is 0 Å². The molecule has 4 rings (SSSR count). The number of Topliss-reactive ketones (excluding diaryl/α,β-unsaturated/α-hetero) is 1. The number of rotatable bonds is 5. The lowest BCUT2D eigenvalue weighted by molar-refractivity contribution is 0.101. The van der Waals surface area contributed by atoms with Crippen molar-refractivity contribution in [2.45, 2.75) is 54.5 Å². The van der Waals surface area contributed by atoms with E-state index in [9.17, 15) is 4.79 Å². The molecule has 0 bridgehead atoms. The van der Waals surface area contributed by atoms with Crippen molar-refractivity contribution in [2.75, 3.05) is 0 Å². The van der Waals surface area contributed by atoms with E-state index in [2.05, 4.69) is 46.8 Å². The molecule has 0 spiro atoms. The summed E-state index contributed by atoms with van der Waals surface area (Å²) in [6, 6.07) is 4.14. The number of hydrogen-bond acceptors (Lipinski definition) is 6. The van der Waals surface area contributed by atoms with Gasteiger partial charge in [-0.1, -0.05) is 20.8 Å². The van der Waals surface area contributed by atoms with E-state index in [0.29, 0.717) is 24.5 Å². The zero-order chi connectivity index (χ0) is 23.0. The van der Waals surface area contributed by atoms with Crippen LogP contribution in [0.4, 0.5) is 0 Å². The summed E-state index contributed by atoms with van der Waals surface area (Å²) in [4.78, 5) is 30.2. The molecule has 0 amide bonds. The highest BCUT2D eigenvalue weighted by Gasteiger charge is 2.22. The van der Waals surface area contributed by atoms with Crippen molar-refractivity contribution in [3.8, 4) is 11.1 Å². The van der Waals surface area contributed by atoms with Gasteiger partial charge in [0.15, 0.2) is 5.78 Å². The highest BCUT2D eigenvalue weighted by atomic mass is 16.1. The molecule has 0 fully saturated rings. The molecule has 0 saturated heterocycles. The van der Waals surface area contributed by atoms with Crippen molar-refractivity contribution in [1.29, 1.82) is 0 Å². The highest BCUT2D eigenvalue weighted by molar-refractivity contribution is 6.06. The minimum absolute atomic E-state index is 0.00585. The molecular formula is C25H28N6O. The van der Waals surface area contributed by atoms with Gasteiger partial charge in [-0.3, -0.25) is 9.48 Å². The molecule has 0 radical (unpaired) electrons. The van der Waals surface area contributed by atoms with Crippen molar-refractivity contribution in [1.82, 2.24) is 29.7 Å². The number of carbonyl (C=O) groups excluding carboxylic acids is 1. The van der Waals surface area contributed by atoms with E-state index in [1.165, 1.54) is 0 Å². The third-order valence-electron chi connectivity index (χ3n) is 5.18. The fourth-order valence-corrected chi connectivity index (χ4v) is 3.75. The standard InChI is InChI=1S/C25H28N6O/c1-15-10-28-22(29-11-15)9-19-7-18(20-12-26-17(3)27-13-20)8-21-23(16(2)32)30-31(24(19)21)14-25(4,5)6/h7-8,10-13H,9,14H2,1-6H3. The van der Waals surface area contributed by atoms with Gasteiger partial charge in [0.25, 0.3) is 0 Å². The topological polar surface area (TPSA) is 86.5 Å². The third kappa shape index (κ3) is 4.56. The van der Waals surface area contributed by atoms with Crippen LogP contribution in [0.3, 0.4) is 0 Å². The Morgan fingerprint density at radius 3 is 2.19 bits per heavy atom. The number of aryl methyl sites for hydroxylation is 2. The fraction of sp³-hybridized carbons (Fsp3) is 0.360. The first kappa shape index (κ1) is 21.7. The summed E-state index contributed by atoms with van der Waals surface area (Å²) >= 11 is 0. The zero-order valence-electron chi connectivity index (χ0n) is 19.5. The Morgan fingerprint density at radius 1 is 0.938 bits per heavy atom. The van der Waals surface area contributed by atoms with Crippen LogP contribution in [-0.2, 0) is 13.0 Å². The Balaban J connectivity index is 1.97. The fourth-order valence-electron chi connectivity index (χ4n) is 3.75. The van der Waals surface area contributed by atoms with Gasteiger partial charge < -0.3 is 0 Å². The first-order chi connectivity index (χ1) is 15.1. The van der Waals surface area contributed by atoms with E-state index in [1.54, 1.807) is 6.92 Å². The van der Waals surface area contributed by atoms with Crippen LogP contribution in [0.5, 0.6) is 0 Å². The number of aromatic nitrogens is 6. The molecule has 0 atom stereocenters. The summed E-state index contributed by atoms with van der Waals surface area (Å²) in [7, 11) is 0. The molecule has 0 aliphatic carbocycles. The number of carbonyl (C=O) groups is 1. The van der Waals surface area contributed by atoms with Crippen LogP contribution in [0, 0.1) is 19.3 Å². The Bertz CT molecular complexity index is 1280. The van der Waals surface area contributed by atoms with Gasteiger partial charge in [-0.15, -0.1) is 0 Å². The average Bonchev–Trinajstić information content (AvgIpc) is 3.07. The Morgan fingerprint density at radius 2 is 1.59 bits per heavy atom. The second kappa shape index (κ2) is 8.22. The first-order valence-corrected chi connectivity index (χ1v) is 10.7. The number of ketones is 1. The lowest BCUT2D eigenvalue weighted by atomic mass is 9.95. The van der Waals surface area contributed by atoms with Gasteiger partial charge in [-0.2, -0.15) is 5.10 Å². The number of fused-ring (bicyclic) bond motifs is 1. The summed E-state index contributed by atoms with van der Waals surface area (Å²) in [5.41, 5.74) is 5.29. The SMILES string of the molecule is CC(=O)c1nn(CC(C)(C)C)c2c(Cc3ncc(C)cn3)cc(-c3cnc(C)nc3)cc12. The molecule has 0 unspecified atom stereocenters. The predicted octanol–water partition coefficient (Wildman–Crippen LogP) is 4.74. The van der Waals surface area contributed by atoms with E-state index in [-0.39, 0.29) is 11.2 Å². The van der Waals surface area contributed by atoms with Crippen molar-refractivity contribution in [3.05, 3.63) is 65.4 Å². The number of nitrogens with zero attached hydrogens (tertiary/aromatic N) is 6. The molecule has 164 valence electrons. The molecule has 0 N–H and O–H groups in total. The monoisotopic (exact) mass is 428 g/mol. The molecule has 7 heteroatoms. The summed E-state index contributed by atoms with van der Waals surface area (Å²) < 4.78 is 1.96. The summed E-state index contributed by atoms with van der Waals surface area (Å²) in [5, 5.41) is 5.57. The van der Waals surface area contributed by atoms with Gasteiger partial charge in [0.1, 0.15) is 17.3 Å². The van der Waals surface area contributed by atoms with E-state index in [0.717, 1.165) is 39.0 Å². The third-order valence-corrected chi connectivity index (χ3v) is 5.18. The number of hydrogen-bond donors (Lipinski definition) is 0. The quantitative estimate of drug-likeness (QED) is 0.427. The van der Waals surface area contributed by atoms with Crippen molar-refractivity contribution in [3.63, 3.8) is 0 Å². The average molecular weight is 429 g/mol. The lowest BCUT2D eigenvalue weighted by Gasteiger charge is -2.19. The molecule has 3 heterocycles. The van der Waals surface area contributed by atoms with Crippen molar-refractivity contribution >= 4 is 16.7 Å². The minimum atomic E-state index is -0.0579. The van der Waals surface area contributed by atoms with E-state index >= 15 is 0 Å². The van der Waals surface area contributed by atoms with Crippen LogP contribution in [0.1, 0.15) is 61.0 Å². The van der Waals surface area contributed by atoms with Crippen LogP contribution in [0.15, 0.2) is 36.9 Å². The van der Waals surface area contributed by atoms with Gasteiger partial charge in [0.2, 0.25) is 0 Å². The Kier molecular flexibility index (Phi) is 5.59. The molecule has 0 saturated carbocycles. The molecule has 3 aromatic heterocycles. The second-order valence-corrected chi connectivity index (χ2v) is 9.53. The van der Waals surface area contributed by atoms with Gasteiger partial charge >= 0.3 is 0 Å². The normalized spacial score (nSPS) is 11.8. The van der Waals surface area contributed by atoms with Crippen molar-refractivity contribution < 1.29 is 4.79 Å². The molecule has 1 aromatic carbocycles. The van der Waals surface area contributed by atoms with E-state index < -0.39 is 0 Å². The smallest absolute Gasteiger partial charge is 0.180 e. The molecule has 0 aliphatic rings. The molecule has 0 aliphatic heterocycles. The highest BCUT2D eigenvalue weighted by Crippen LogP contribution is 2.32. The molecule has 4 aromatic rings. The van der Waals surface area contributed by atoms with Crippen LogP contribution < -0.4 is 0 Å². The maximum Gasteiger partial charge on any atom is 0.180 e. The Hall–Kier alpha value is -3.48. The van der Waals surface area contributed by atoms with Crippen LogP contribution in [-0.4, -0.2) is 35.5 Å². The minimum Gasteiger partial charge on any atom is -0.293 e. The van der Waals surface area contributed by atoms with Crippen LogP contribution >= 0.6 is 0 Å². The van der Waals surface area contributed by atoms with E-state index in [1.807, 2.05) is 49.4 Å². The molecule has 7 nitrogen and oxygen atoms in total. The second-order valence-electron chi connectivity index (χ2n) is 9.53. The van der Waals surface area contributed by atoms with Gasteiger partial charge in [-0.25, -0.2) is 19.9 Å².